The third-order valence-corrected chi connectivity index (χ3v) is 4.01. The standard InChI is InChI=1S/C19H33NO/c1-2-3-4-5-6-7-8-12-15-20-19(17-21)16-18-13-10-9-11-14-18/h9-11,13-14,19-21H,2-8,12,15-17H2,1H3. The Morgan fingerprint density at radius 1 is 0.905 bits per heavy atom. The van der Waals surface area contributed by atoms with Crippen LogP contribution < -0.4 is 5.32 Å². The minimum Gasteiger partial charge on any atom is -0.395 e. The predicted octanol–water partition coefficient (Wildman–Crippen LogP) is 4.32. The number of unbranched alkanes of at least 4 members (excludes halogenated alkanes) is 7. The Morgan fingerprint density at radius 3 is 2.14 bits per heavy atom. The van der Waals surface area contributed by atoms with Crippen LogP contribution in [0.4, 0.5) is 0 Å². The molecule has 0 saturated heterocycles. The lowest BCUT2D eigenvalue weighted by Gasteiger charge is -2.16. The van der Waals surface area contributed by atoms with Crippen molar-refractivity contribution in [1.82, 2.24) is 5.32 Å². The zero-order valence-electron chi connectivity index (χ0n) is 13.7. The lowest BCUT2D eigenvalue weighted by atomic mass is 10.1. The van der Waals surface area contributed by atoms with Crippen LogP contribution in [0.5, 0.6) is 0 Å². The van der Waals surface area contributed by atoms with Gasteiger partial charge in [0.1, 0.15) is 0 Å². The molecule has 0 aliphatic carbocycles. The van der Waals surface area contributed by atoms with E-state index in [1.54, 1.807) is 0 Å². The van der Waals surface area contributed by atoms with Gasteiger partial charge in [-0.15, -0.1) is 0 Å². The molecule has 2 N–H and O–H groups in total. The van der Waals surface area contributed by atoms with Gasteiger partial charge in [0.15, 0.2) is 0 Å². The lowest BCUT2D eigenvalue weighted by molar-refractivity contribution is 0.241. The molecule has 0 amide bonds. The average Bonchev–Trinajstić information content (AvgIpc) is 2.53. The molecule has 0 saturated carbocycles. The van der Waals surface area contributed by atoms with Gasteiger partial charge in [0.2, 0.25) is 0 Å². The smallest absolute Gasteiger partial charge is 0.0587 e. The van der Waals surface area contributed by atoms with Gasteiger partial charge in [0.25, 0.3) is 0 Å². The summed E-state index contributed by atoms with van der Waals surface area (Å²) < 4.78 is 0. The highest BCUT2D eigenvalue weighted by molar-refractivity contribution is 5.15. The first-order valence-corrected chi connectivity index (χ1v) is 8.75. The summed E-state index contributed by atoms with van der Waals surface area (Å²) >= 11 is 0. The molecule has 1 atom stereocenters. The topological polar surface area (TPSA) is 32.3 Å². The molecule has 0 spiro atoms. The number of hydrogen-bond donors (Lipinski definition) is 2. The highest BCUT2D eigenvalue weighted by Crippen LogP contribution is 2.08. The molecule has 21 heavy (non-hydrogen) atoms. The van der Waals surface area contributed by atoms with Crippen molar-refractivity contribution in [1.29, 1.82) is 0 Å². The first-order chi connectivity index (χ1) is 10.4. The Hall–Kier alpha value is -0.860. The number of benzene rings is 1. The zero-order chi connectivity index (χ0) is 15.2. The molecule has 120 valence electrons. The minimum absolute atomic E-state index is 0.192. The maximum atomic E-state index is 9.45. The second kappa shape index (κ2) is 12.8. The van der Waals surface area contributed by atoms with Crippen LogP contribution in [0.2, 0.25) is 0 Å². The van der Waals surface area contributed by atoms with Gasteiger partial charge in [0.05, 0.1) is 6.61 Å². The molecule has 0 bridgehead atoms. The molecular formula is C19H33NO. The molecule has 0 aliphatic heterocycles. The van der Waals surface area contributed by atoms with Crippen molar-refractivity contribution >= 4 is 0 Å². The maximum Gasteiger partial charge on any atom is 0.0587 e. The fraction of sp³-hybridized carbons (Fsp3) is 0.684. The molecule has 1 rings (SSSR count). The summed E-state index contributed by atoms with van der Waals surface area (Å²) in [4.78, 5) is 0. The summed E-state index contributed by atoms with van der Waals surface area (Å²) in [7, 11) is 0. The molecule has 2 nitrogen and oxygen atoms in total. The van der Waals surface area contributed by atoms with Gasteiger partial charge in [-0.2, -0.15) is 0 Å². The van der Waals surface area contributed by atoms with Crippen LogP contribution in [-0.2, 0) is 6.42 Å². The summed E-state index contributed by atoms with van der Waals surface area (Å²) in [5.41, 5.74) is 1.29. The molecule has 0 heterocycles. The minimum atomic E-state index is 0.192. The Kier molecular flexibility index (Phi) is 11.1. The Morgan fingerprint density at radius 2 is 1.52 bits per heavy atom. The van der Waals surface area contributed by atoms with Crippen LogP contribution in [-0.4, -0.2) is 24.3 Å². The maximum absolute atomic E-state index is 9.45. The van der Waals surface area contributed by atoms with E-state index in [0.29, 0.717) is 0 Å². The highest BCUT2D eigenvalue weighted by atomic mass is 16.3. The van der Waals surface area contributed by atoms with Gasteiger partial charge < -0.3 is 10.4 Å². The van der Waals surface area contributed by atoms with Crippen LogP contribution in [0.1, 0.15) is 63.9 Å². The van der Waals surface area contributed by atoms with E-state index in [9.17, 15) is 5.11 Å². The monoisotopic (exact) mass is 291 g/mol. The van der Waals surface area contributed by atoms with E-state index in [2.05, 4.69) is 36.5 Å². The third-order valence-electron chi connectivity index (χ3n) is 4.01. The zero-order valence-corrected chi connectivity index (χ0v) is 13.7. The first kappa shape index (κ1) is 18.2. The molecule has 2 heteroatoms. The molecule has 0 radical (unpaired) electrons. The summed E-state index contributed by atoms with van der Waals surface area (Å²) in [5, 5.41) is 12.9. The normalized spacial score (nSPS) is 12.5. The summed E-state index contributed by atoms with van der Waals surface area (Å²) in [5.74, 6) is 0. The molecule has 1 unspecified atom stereocenters. The van der Waals surface area contributed by atoms with Gasteiger partial charge in [-0.3, -0.25) is 0 Å². The number of rotatable bonds is 13. The van der Waals surface area contributed by atoms with E-state index < -0.39 is 0 Å². The molecular weight excluding hydrogens is 258 g/mol. The van der Waals surface area contributed by atoms with E-state index in [0.717, 1.165) is 13.0 Å². The third kappa shape index (κ3) is 9.65. The summed E-state index contributed by atoms with van der Waals surface area (Å²) in [6.07, 6.45) is 11.7. The number of aliphatic hydroxyl groups is 1. The largest absolute Gasteiger partial charge is 0.395 e. The van der Waals surface area contributed by atoms with Crippen molar-refractivity contribution in [3.63, 3.8) is 0 Å². The second-order valence-corrected chi connectivity index (χ2v) is 6.00. The molecule has 0 aromatic heterocycles. The fourth-order valence-electron chi connectivity index (χ4n) is 2.66. The van der Waals surface area contributed by atoms with Gasteiger partial charge in [-0.1, -0.05) is 82.2 Å². The van der Waals surface area contributed by atoms with E-state index in [4.69, 9.17) is 0 Å². The van der Waals surface area contributed by atoms with E-state index in [1.807, 2.05) is 6.07 Å². The molecule has 0 aliphatic rings. The Balaban J connectivity index is 2.00. The van der Waals surface area contributed by atoms with Crippen LogP contribution in [0.15, 0.2) is 30.3 Å². The van der Waals surface area contributed by atoms with Crippen LogP contribution >= 0.6 is 0 Å². The van der Waals surface area contributed by atoms with Crippen LogP contribution in [0, 0.1) is 0 Å². The fourth-order valence-corrected chi connectivity index (χ4v) is 2.66. The van der Waals surface area contributed by atoms with Gasteiger partial charge >= 0.3 is 0 Å². The second-order valence-electron chi connectivity index (χ2n) is 6.00. The Bertz CT molecular complexity index is 326. The summed E-state index contributed by atoms with van der Waals surface area (Å²) in [6.45, 7) is 3.50. The van der Waals surface area contributed by atoms with E-state index >= 15 is 0 Å². The van der Waals surface area contributed by atoms with Crippen LogP contribution in [0.25, 0.3) is 0 Å². The average molecular weight is 291 g/mol. The van der Waals surface area contributed by atoms with Crippen LogP contribution in [0.3, 0.4) is 0 Å². The number of hydrogen-bond acceptors (Lipinski definition) is 2. The number of nitrogens with one attached hydrogen (secondary N) is 1. The highest BCUT2D eigenvalue weighted by Gasteiger charge is 2.06. The van der Waals surface area contributed by atoms with Crippen molar-refractivity contribution in [2.75, 3.05) is 13.2 Å². The number of aliphatic hydroxyl groups excluding tert-OH is 1. The van der Waals surface area contributed by atoms with Gasteiger partial charge in [0, 0.05) is 6.04 Å². The summed E-state index contributed by atoms with van der Waals surface area (Å²) in [6, 6.07) is 10.6. The van der Waals surface area contributed by atoms with Crippen molar-refractivity contribution in [2.45, 2.75) is 70.8 Å². The van der Waals surface area contributed by atoms with Crippen molar-refractivity contribution in [2.24, 2.45) is 0 Å². The van der Waals surface area contributed by atoms with Crippen molar-refractivity contribution < 1.29 is 5.11 Å². The van der Waals surface area contributed by atoms with E-state index in [1.165, 1.54) is 56.9 Å². The molecule has 1 aromatic carbocycles. The van der Waals surface area contributed by atoms with Gasteiger partial charge in [-0.25, -0.2) is 0 Å². The van der Waals surface area contributed by atoms with Crippen molar-refractivity contribution in [3.05, 3.63) is 35.9 Å². The van der Waals surface area contributed by atoms with Gasteiger partial charge in [-0.05, 0) is 24.9 Å². The van der Waals surface area contributed by atoms with Crippen molar-refractivity contribution in [3.8, 4) is 0 Å². The quantitative estimate of drug-likeness (QED) is 0.530. The SMILES string of the molecule is CCCCCCCCCCNC(CO)Cc1ccccc1. The predicted molar refractivity (Wildman–Crippen MR) is 91.6 cm³/mol. The molecule has 0 fully saturated rings. The molecule has 1 aromatic rings. The van der Waals surface area contributed by atoms with E-state index in [-0.39, 0.29) is 12.6 Å². The first-order valence-electron chi connectivity index (χ1n) is 8.75. The lowest BCUT2D eigenvalue weighted by Crippen LogP contribution is -2.35. The Labute approximate surface area is 131 Å².